The number of amides is 2. The first kappa shape index (κ1) is 17.0. The first-order chi connectivity index (χ1) is 9.20. The summed E-state index contributed by atoms with van der Waals surface area (Å²) in [5, 5.41) is 14.3. The molecule has 20 heavy (non-hydrogen) atoms. The van der Waals surface area contributed by atoms with Crippen LogP contribution in [0.1, 0.15) is 25.6 Å². The second kappa shape index (κ2) is 7.08. The molecule has 1 aromatic rings. The van der Waals surface area contributed by atoms with Crippen LogP contribution >= 0.6 is 27.3 Å². The van der Waals surface area contributed by atoms with Crippen molar-refractivity contribution in [1.29, 1.82) is 0 Å². The van der Waals surface area contributed by atoms with Gasteiger partial charge < -0.3 is 15.7 Å². The zero-order chi connectivity index (χ0) is 15.3. The molecule has 0 saturated heterocycles. The number of rotatable bonds is 5. The molecule has 1 heterocycles. The van der Waals surface area contributed by atoms with E-state index in [1.165, 1.54) is 0 Å². The van der Waals surface area contributed by atoms with Crippen LogP contribution < -0.4 is 10.6 Å². The number of halogens is 1. The Bertz CT molecular complexity index is 482. The van der Waals surface area contributed by atoms with Gasteiger partial charge in [0.15, 0.2) is 0 Å². The Morgan fingerprint density at radius 2 is 2.05 bits per heavy atom. The number of hydrogen-bond acceptors (Lipinski definition) is 3. The predicted octanol–water partition coefficient (Wildman–Crippen LogP) is 2.85. The van der Waals surface area contributed by atoms with Gasteiger partial charge in [0.05, 0.1) is 3.79 Å². The molecule has 0 bridgehead atoms. The molecule has 1 atom stereocenters. The number of carboxylic acid groups (broad SMARTS) is 1. The Hall–Kier alpha value is -1.08. The first-order valence-corrected chi connectivity index (χ1v) is 7.82. The Kier molecular flexibility index (Phi) is 6.01. The number of thiophene rings is 1. The molecule has 0 aromatic carbocycles. The van der Waals surface area contributed by atoms with Crippen molar-refractivity contribution >= 4 is 39.3 Å². The smallest absolute Gasteiger partial charge is 0.326 e. The Labute approximate surface area is 130 Å². The van der Waals surface area contributed by atoms with E-state index in [9.17, 15) is 9.59 Å². The molecule has 1 unspecified atom stereocenters. The highest BCUT2D eigenvalue weighted by Crippen LogP contribution is 2.22. The standard InChI is InChI=1S/C13H19BrN2O3S/c1-13(2,3)10(11(17)18)16-12(19)15-7-6-8-4-5-9(14)20-8/h4-5,10H,6-7H2,1-3H3,(H,17,18)(H2,15,16,19). The maximum absolute atomic E-state index is 11.7. The Morgan fingerprint density at radius 3 is 2.50 bits per heavy atom. The second-order valence-electron chi connectivity index (χ2n) is 5.49. The van der Waals surface area contributed by atoms with Crippen molar-refractivity contribution in [3.05, 3.63) is 20.8 Å². The molecule has 0 saturated carbocycles. The molecule has 0 aliphatic heterocycles. The van der Waals surface area contributed by atoms with Gasteiger partial charge in [-0.05, 0) is 39.9 Å². The minimum absolute atomic E-state index is 0.456. The summed E-state index contributed by atoms with van der Waals surface area (Å²) in [6.07, 6.45) is 0.719. The summed E-state index contributed by atoms with van der Waals surface area (Å²) >= 11 is 4.99. The van der Waals surface area contributed by atoms with Crippen molar-refractivity contribution in [3.63, 3.8) is 0 Å². The maximum atomic E-state index is 11.7. The maximum Gasteiger partial charge on any atom is 0.326 e. The van der Waals surface area contributed by atoms with E-state index in [2.05, 4.69) is 26.6 Å². The largest absolute Gasteiger partial charge is 0.480 e. The molecule has 5 nitrogen and oxygen atoms in total. The van der Waals surface area contributed by atoms with Gasteiger partial charge in [-0.1, -0.05) is 20.8 Å². The summed E-state index contributed by atoms with van der Waals surface area (Å²) < 4.78 is 1.05. The zero-order valence-electron chi connectivity index (χ0n) is 11.7. The van der Waals surface area contributed by atoms with E-state index >= 15 is 0 Å². The minimum Gasteiger partial charge on any atom is -0.480 e. The number of carbonyl (C=O) groups is 2. The van der Waals surface area contributed by atoms with Crippen LogP contribution in [0, 0.1) is 5.41 Å². The number of nitrogens with one attached hydrogen (secondary N) is 2. The van der Waals surface area contributed by atoms with E-state index in [-0.39, 0.29) is 0 Å². The van der Waals surface area contributed by atoms with Crippen molar-refractivity contribution in [2.24, 2.45) is 5.41 Å². The van der Waals surface area contributed by atoms with Crippen molar-refractivity contribution in [2.45, 2.75) is 33.2 Å². The fourth-order valence-electron chi connectivity index (χ4n) is 1.62. The molecule has 2 amide bonds. The Morgan fingerprint density at radius 1 is 1.40 bits per heavy atom. The molecule has 1 rings (SSSR count). The third-order valence-electron chi connectivity index (χ3n) is 2.67. The van der Waals surface area contributed by atoms with Crippen molar-refractivity contribution in [3.8, 4) is 0 Å². The van der Waals surface area contributed by atoms with Crippen molar-refractivity contribution < 1.29 is 14.7 Å². The van der Waals surface area contributed by atoms with Gasteiger partial charge in [-0.25, -0.2) is 9.59 Å². The fraction of sp³-hybridized carbons (Fsp3) is 0.538. The first-order valence-electron chi connectivity index (χ1n) is 6.21. The average Bonchev–Trinajstić information content (AvgIpc) is 2.70. The summed E-state index contributed by atoms with van der Waals surface area (Å²) in [4.78, 5) is 24.0. The summed E-state index contributed by atoms with van der Waals surface area (Å²) in [5.74, 6) is -1.03. The monoisotopic (exact) mass is 362 g/mol. The van der Waals surface area contributed by atoms with E-state index in [4.69, 9.17) is 5.11 Å². The number of carbonyl (C=O) groups excluding carboxylic acids is 1. The molecule has 3 N–H and O–H groups in total. The van der Waals surface area contributed by atoms with Crippen molar-refractivity contribution in [1.82, 2.24) is 10.6 Å². The molecule has 112 valence electrons. The molecule has 0 radical (unpaired) electrons. The van der Waals surface area contributed by atoms with Gasteiger partial charge in [0, 0.05) is 11.4 Å². The normalized spacial score (nSPS) is 12.8. The van der Waals surface area contributed by atoms with Crippen LogP contribution in [0.3, 0.4) is 0 Å². The molecular weight excluding hydrogens is 344 g/mol. The summed E-state index contributed by atoms with van der Waals surface area (Å²) in [7, 11) is 0. The highest BCUT2D eigenvalue weighted by atomic mass is 79.9. The molecular formula is C13H19BrN2O3S. The molecule has 0 aliphatic rings. The third-order valence-corrected chi connectivity index (χ3v) is 4.36. The third kappa shape index (κ3) is 5.50. The van der Waals surface area contributed by atoms with Crippen LogP contribution in [0.4, 0.5) is 4.79 Å². The highest BCUT2D eigenvalue weighted by Gasteiger charge is 2.32. The SMILES string of the molecule is CC(C)(C)C(NC(=O)NCCc1ccc(Br)s1)C(=O)O. The molecule has 1 aromatic heterocycles. The van der Waals surface area contributed by atoms with E-state index < -0.39 is 23.5 Å². The lowest BCUT2D eigenvalue weighted by molar-refractivity contribution is -0.141. The van der Waals surface area contributed by atoms with Crippen molar-refractivity contribution in [2.75, 3.05) is 6.54 Å². The highest BCUT2D eigenvalue weighted by molar-refractivity contribution is 9.11. The average molecular weight is 363 g/mol. The summed E-state index contributed by atoms with van der Waals surface area (Å²) in [6.45, 7) is 5.79. The number of urea groups is 1. The van der Waals surface area contributed by atoms with Crippen LogP contribution in [0.15, 0.2) is 15.9 Å². The van der Waals surface area contributed by atoms with Gasteiger partial charge in [0.25, 0.3) is 0 Å². The van der Waals surface area contributed by atoms with Gasteiger partial charge >= 0.3 is 12.0 Å². The summed E-state index contributed by atoms with van der Waals surface area (Å²) in [5.41, 5.74) is -0.540. The molecule has 7 heteroatoms. The Balaban J connectivity index is 2.41. The topological polar surface area (TPSA) is 78.4 Å². The zero-order valence-corrected chi connectivity index (χ0v) is 14.1. The predicted molar refractivity (Wildman–Crippen MR) is 83.1 cm³/mol. The van der Waals surface area contributed by atoms with E-state index in [1.54, 1.807) is 32.1 Å². The fourth-order valence-corrected chi connectivity index (χ4v) is 3.10. The molecule has 0 fully saturated rings. The van der Waals surface area contributed by atoms with Gasteiger partial charge in [-0.3, -0.25) is 0 Å². The quantitative estimate of drug-likeness (QED) is 0.753. The molecule has 0 spiro atoms. The van der Waals surface area contributed by atoms with E-state index in [0.29, 0.717) is 6.54 Å². The minimum atomic E-state index is -1.03. The van der Waals surface area contributed by atoms with E-state index in [0.717, 1.165) is 15.1 Å². The lowest BCUT2D eigenvalue weighted by Gasteiger charge is -2.27. The number of aliphatic carboxylic acids is 1. The van der Waals surface area contributed by atoms with Crippen LogP contribution in [0.25, 0.3) is 0 Å². The van der Waals surface area contributed by atoms with Gasteiger partial charge in [0.2, 0.25) is 0 Å². The number of hydrogen-bond donors (Lipinski definition) is 3. The van der Waals surface area contributed by atoms with E-state index in [1.807, 2.05) is 12.1 Å². The molecule has 0 aliphatic carbocycles. The van der Waals surface area contributed by atoms with Crippen LogP contribution in [0.2, 0.25) is 0 Å². The lowest BCUT2D eigenvalue weighted by Crippen LogP contribution is -2.52. The van der Waals surface area contributed by atoms with Gasteiger partial charge in [-0.2, -0.15) is 0 Å². The second-order valence-corrected chi connectivity index (χ2v) is 8.04. The number of carboxylic acids is 1. The van der Waals surface area contributed by atoms with Crippen LogP contribution in [-0.2, 0) is 11.2 Å². The van der Waals surface area contributed by atoms with Gasteiger partial charge in [-0.15, -0.1) is 11.3 Å². The lowest BCUT2D eigenvalue weighted by atomic mass is 9.87. The van der Waals surface area contributed by atoms with Crippen LogP contribution in [-0.4, -0.2) is 29.7 Å². The summed E-state index contributed by atoms with van der Waals surface area (Å²) in [6, 6.07) is 2.57. The van der Waals surface area contributed by atoms with Gasteiger partial charge in [0.1, 0.15) is 6.04 Å². The van der Waals surface area contributed by atoms with Crippen LogP contribution in [0.5, 0.6) is 0 Å².